The topological polar surface area (TPSA) is 49.6 Å². The number of amides is 1. The van der Waals surface area contributed by atoms with Crippen molar-refractivity contribution in [2.45, 2.75) is 71.4 Å². The maximum atomic E-state index is 12.3. The van der Waals surface area contributed by atoms with Crippen LogP contribution in [0.25, 0.3) is 0 Å². The average Bonchev–Trinajstić information content (AvgIpc) is 2.53. The second-order valence-corrected chi connectivity index (χ2v) is 6.41. The van der Waals surface area contributed by atoms with Crippen molar-refractivity contribution in [2.75, 3.05) is 26.7 Å². The summed E-state index contributed by atoms with van der Waals surface area (Å²) in [5.41, 5.74) is 5.95. The highest BCUT2D eigenvalue weighted by Crippen LogP contribution is 2.30. The van der Waals surface area contributed by atoms with Crippen LogP contribution in [-0.2, 0) is 4.79 Å². The molecule has 1 fully saturated rings. The molecule has 2 N–H and O–H groups in total. The van der Waals surface area contributed by atoms with E-state index in [1.54, 1.807) is 0 Å². The molecule has 124 valence electrons. The van der Waals surface area contributed by atoms with E-state index in [4.69, 9.17) is 5.73 Å². The first-order valence-electron chi connectivity index (χ1n) is 8.76. The van der Waals surface area contributed by atoms with E-state index < -0.39 is 0 Å². The van der Waals surface area contributed by atoms with Gasteiger partial charge in [-0.1, -0.05) is 13.3 Å². The van der Waals surface area contributed by atoms with Gasteiger partial charge < -0.3 is 10.6 Å². The molecule has 0 heterocycles. The normalized spacial score (nSPS) is 24.1. The van der Waals surface area contributed by atoms with Gasteiger partial charge in [-0.05, 0) is 52.5 Å². The predicted octanol–water partition coefficient (Wildman–Crippen LogP) is 2.47. The molecule has 0 aliphatic heterocycles. The summed E-state index contributed by atoms with van der Waals surface area (Å²) in [6.45, 7) is 8.51. The molecule has 0 aromatic rings. The van der Waals surface area contributed by atoms with E-state index >= 15 is 0 Å². The minimum atomic E-state index is 0.182. The SMILES string of the molecule is CCC1CCC(N(C)C(CN)CC(=O)N(CC)CC)CC1. The van der Waals surface area contributed by atoms with Crippen molar-refractivity contribution in [1.29, 1.82) is 0 Å². The maximum Gasteiger partial charge on any atom is 0.224 e. The molecule has 1 aliphatic carbocycles. The number of likely N-dealkylation sites (N-methyl/N-ethyl adjacent to an activating group) is 1. The zero-order valence-electron chi connectivity index (χ0n) is 14.5. The van der Waals surface area contributed by atoms with Crippen molar-refractivity contribution < 1.29 is 4.79 Å². The smallest absolute Gasteiger partial charge is 0.224 e. The fourth-order valence-corrected chi connectivity index (χ4v) is 3.56. The Morgan fingerprint density at radius 3 is 2.14 bits per heavy atom. The molecule has 1 unspecified atom stereocenters. The van der Waals surface area contributed by atoms with E-state index in [-0.39, 0.29) is 11.9 Å². The van der Waals surface area contributed by atoms with Gasteiger partial charge in [-0.25, -0.2) is 0 Å². The zero-order chi connectivity index (χ0) is 15.8. The van der Waals surface area contributed by atoms with Gasteiger partial charge in [0.1, 0.15) is 0 Å². The molecule has 0 saturated heterocycles. The Morgan fingerprint density at radius 1 is 1.14 bits per heavy atom. The van der Waals surface area contributed by atoms with Gasteiger partial charge in [0.25, 0.3) is 0 Å². The highest BCUT2D eigenvalue weighted by molar-refractivity contribution is 5.76. The summed E-state index contributed by atoms with van der Waals surface area (Å²) in [5, 5.41) is 0. The number of hydrogen-bond acceptors (Lipinski definition) is 3. The lowest BCUT2D eigenvalue weighted by Crippen LogP contribution is -2.48. The van der Waals surface area contributed by atoms with Gasteiger partial charge in [0.05, 0.1) is 0 Å². The summed E-state index contributed by atoms with van der Waals surface area (Å²) in [6.07, 6.45) is 7.02. The van der Waals surface area contributed by atoms with Gasteiger partial charge >= 0.3 is 0 Å². The molecule has 1 saturated carbocycles. The van der Waals surface area contributed by atoms with Gasteiger partial charge in [-0.3, -0.25) is 9.69 Å². The van der Waals surface area contributed by atoms with Crippen molar-refractivity contribution in [3.63, 3.8) is 0 Å². The molecule has 21 heavy (non-hydrogen) atoms. The highest BCUT2D eigenvalue weighted by Gasteiger charge is 2.28. The Hall–Kier alpha value is -0.610. The molecule has 0 radical (unpaired) electrons. The van der Waals surface area contributed by atoms with Crippen molar-refractivity contribution in [3.05, 3.63) is 0 Å². The lowest BCUT2D eigenvalue weighted by molar-refractivity contribution is -0.132. The van der Waals surface area contributed by atoms with E-state index in [1.165, 1.54) is 32.1 Å². The zero-order valence-corrected chi connectivity index (χ0v) is 14.5. The number of carbonyl (C=O) groups excluding carboxylic acids is 1. The van der Waals surface area contributed by atoms with Crippen LogP contribution in [0, 0.1) is 5.92 Å². The maximum absolute atomic E-state index is 12.3. The van der Waals surface area contributed by atoms with E-state index in [0.29, 0.717) is 19.0 Å². The number of carbonyl (C=O) groups is 1. The van der Waals surface area contributed by atoms with Gasteiger partial charge in [0.2, 0.25) is 5.91 Å². The van der Waals surface area contributed by atoms with Gasteiger partial charge in [-0.2, -0.15) is 0 Å². The monoisotopic (exact) mass is 297 g/mol. The Balaban J connectivity index is 2.53. The highest BCUT2D eigenvalue weighted by atomic mass is 16.2. The molecule has 1 aliphatic rings. The van der Waals surface area contributed by atoms with Crippen molar-refractivity contribution in [1.82, 2.24) is 9.80 Å². The minimum Gasteiger partial charge on any atom is -0.343 e. The van der Waals surface area contributed by atoms with Crippen LogP contribution in [0.15, 0.2) is 0 Å². The molecule has 1 rings (SSSR count). The van der Waals surface area contributed by atoms with Crippen LogP contribution >= 0.6 is 0 Å². The fourth-order valence-electron chi connectivity index (χ4n) is 3.56. The van der Waals surface area contributed by atoms with Crippen molar-refractivity contribution in [3.8, 4) is 0 Å². The Morgan fingerprint density at radius 2 is 1.71 bits per heavy atom. The van der Waals surface area contributed by atoms with Crippen LogP contribution in [0.2, 0.25) is 0 Å². The lowest BCUT2D eigenvalue weighted by Gasteiger charge is -2.39. The molecule has 0 aromatic heterocycles. The third-order valence-electron chi connectivity index (χ3n) is 5.34. The summed E-state index contributed by atoms with van der Waals surface area (Å²) in [7, 11) is 2.16. The van der Waals surface area contributed by atoms with Crippen molar-refractivity contribution >= 4 is 5.91 Å². The first-order valence-corrected chi connectivity index (χ1v) is 8.76. The number of nitrogens with two attached hydrogens (primary N) is 1. The fraction of sp³-hybridized carbons (Fsp3) is 0.941. The standard InChI is InChI=1S/C17H35N3O/c1-5-14-8-10-15(11-9-14)19(4)16(13-18)12-17(21)20(6-2)7-3/h14-16H,5-13,18H2,1-4H3. The third kappa shape index (κ3) is 5.26. The molecule has 1 amide bonds. The van der Waals surface area contributed by atoms with Crippen LogP contribution in [-0.4, -0.2) is 54.5 Å². The average molecular weight is 297 g/mol. The van der Waals surface area contributed by atoms with Crippen LogP contribution < -0.4 is 5.73 Å². The van der Waals surface area contributed by atoms with E-state index in [9.17, 15) is 4.79 Å². The van der Waals surface area contributed by atoms with E-state index in [2.05, 4.69) is 18.9 Å². The molecule has 0 bridgehead atoms. The molecule has 0 aromatic carbocycles. The molecule has 0 spiro atoms. The Kier molecular flexibility index (Phi) is 8.27. The molecular weight excluding hydrogens is 262 g/mol. The van der Waals surface area contributed by atoms with E-state index in [0.717, 1.165) is 19.0 Å². The molecule has 4 heteroatoms. The Labute approximate surface area is 131 Å². The second kappa shape index (κ2) is 9.42. The summed E-state index contributed by atoms with van der Waals surface area (Å²) >= 11 is 0. The molecule has 1 atom stereocenters. The largest absolute Gasteiger partial charge is 0.343 e. The Bertz CT molecular complexity index is 296. The quantitative estimate of drug-likeness (QED) is 0.749. The number of nitrogens with zero attached hydrogens (tertiary/aromatic N) is 2. The van der Waals surface area contributed by atoms with Crippen LogP contribution in [0.3, 0.4) is 0 Å². The molecular formula is C17H35N3O. The second-order valence-electron chi connectivity index (χ2n) is 6.41. The van der Waals surface area contributed by atoms with Crippen LogP contribution in [0.5, 0.6) is 0 Å². The van der Waals surface area contributed by atoms with Gasteiger partial charge in [-0.15, -0.1) is 0 Å². The predicted molar refractivity (Wildman–Crippen MR) is 89.2 cm³/mol. The summed E-state index contributed by atoms with van der Waals surface area (Å²) in [4.78, 5) is 16.6. The third-order valence-corrected chi connectivity index (χ3v) is 5.34. The molecule has 4 nitrogen and oxygen atoms in total. The first kappa shape index (κ1) is 18.4. The summed E-state index contributed by atoms with van der Waals surface area (Å²) < 4.78 is 0. The van der Waals surface area contributed by atoms with Crippen LogP contribution in [0.4, 0.5) is 0 Å². The lowest BCUT2D eigenvalue weighted by atomic mass is 9.83. The van der Waals surface area contributed by atoms with Crippen molar-refractivity contribution in [2.24, 2.45) is 11.7 Å². The summed E-state index contributed by atoms with van der Waals surface area (Å²) in [6, 6.07) is 0.784. The van der Waals surface area contributed by atoms with E-state index in [1.807, 2.05) is 18.7 Å². The number of rotatable bonds is 8. The summed E-state index contributed by atoms with van der Waals surface area (Å²) in [5.74, 6) is 1.15. The minimum absolute atomic E-state index is 0.182. The van der Waals surface area contributed by atoms with Gasteiger partial charge in [0.15, 0.2) is 0 Å². The number of hydrogen-bond donors (Lipinski definition) is 1. The van der Waals surface area contributed by atoms with Crippen LogP contribution in [0.1, 0.15) is 59.3 Å². The van der Waals surface area contributed by atoms with Gasteiger partial charge in [0, 0.05) is 38.1 Å². The first-order chi connectivity index (χ1) is 10.1.